The summed E-state index contributed by atoms with van der Waals surface area (Å²) in [5.74, 6) is 0.181. The largest absolute Gasteiger partial charge is 0.304 e. The first-order valence-corrected chi connectivity index (χ1v) is 11.9. The molecule has 1 aromatic heterocycles. The number of likely N-dealkylation sites (N-methyl/N-ethyl adjacent to an activating group) is 1. The zero-order valence-electron chi connectivity index (χ0n) is 19.0. The topological polar surface area (TPSA) is 88.4 Å². The number of nitrogens with zero attached hydrogens (tertiary/aromatic N) is 6. The number of hydrogen-bond donors (Lipinski definition) is 1. The summed E-state index contributed by atoms with van der Waals surface area (Å²) in [5, 5.41) is 10.9. The van der Waals surface area contributed by atoms with Gasteiger partial charge in [-0.3, -0.25) is 20.1 Å². The van der Waals surface area contributed by atoms with E-state index >= 15 is 0 Å². The second-order valence-electron chi connectivity index (χ2n) is 8.27. The van der Waals surface area contributed by atoms with E-state index in [1.165, 1.54) is 11.8 Å². The van der Waals surface area contributed by atoms with Gasteiger partial charge in [0.05, 0.1) is 11.0 Å². The smallest absolute Gasteiger partial charge is 0.269 e. The third kappa shape index (κ3) is 6.17. The van der Waals surface area contributed by atoms with Crippen molar-refractivity contribution in [3.8, 4) is 6.07 Å². The number of benzene rings is 2. The maximum Gasteiger partial charge on any atom is 0.269 e. The van der Waals surface area contributed by atoms with Gasteiger partial charge < -0.3 is 4.90 Å². The lowest BCUT2D eigenvalue weighted by Crippen LogP contribution is -2.44. The second-order valence-corrected chi connectivity index (χ2v) is 9.12. The van der Waals surface area contributed by atoms with Crippen LogP contribution in [-0.2, 0) is 13.1 Å². The molecule has 9 heteroatoms. The van der Waals surface area contributed by atoms with E-state index in [0.717, 1.165) is 38.3 Å². The molecule has 0 bridgehead atoms. The molecule has 0 aliphatic carbocycles. The van der Waals surface area contributed by atoms with Crippen molar-refractivity contribution in [2.45, 2.75) is 13.1 Å². The van der Waals surface area contributed by atoms with Gasteiger partial charge in [0.25, 0.3) is 5.91 Å². The predicted octanol–water partition coefficient (Wildman–Crippen LogP) is 3.21. The van der Waals surface area contributed by atoms with Crippen LogP contribution >= 0.6 is 15.9 Å². The van der Waals surface area contributed by atoms with Gasteiger partial charge in [-0.05, 0) is 46.2 Å². The molecule has 1 aliphatic heterocycles. The number of rotatable bonds is 7. The predicted molar refractivity (Wildman–Crippen MR) is 134 cm³/mol. The van der Waals surface area contributed by atoms with Gasteiger partial charge in [0.2, 0.25) is 5.82 Å². The first kappa shape index (κ1) is 23.8. The van der Waals surface area contributed by atoms with Crippen molar-refractivity contribution in [3.05, 3.63) is 87.8 Å². The van der Waals surface area contributed by atoms with Crippen LogP contribution in [0, 0.1) is 11.3 Å². The highest BCUT2D eigenvalue weighted by atomic mass is 79.9. The Kier molecular flexibility index (Phi) is 7.85. The number of hydrazine groups is 1. The highest BCUT2D eigenvalue weighted by Gasteiger charge is 2.19. The van der Waals surface area contributed by atoms with E-state index in [0.29, 0.717) is 22.4 Å². The maximum absolute atomic E-state index is 13.1. The van der Waals surface area contributed by atoms with E-state index in [1.807, 2.05) is 60.7 Å². The van der Waals surface area contributed by atoms with Crippen LogP contribution < -0.4 is 10.4 Å². The van der Waals surface area contributed by atoms with Gasteiger partial charge in [-0.15, -0.1) is 0 Å². The highest BCUT2D eigenvalue weighted by molar-refractivity contribution is 9.10. The first-order chi connectivity index (χ1) is 16.5. The zero-order valence-corrected chi connectivity index (χ0v) is 20.6. The molecule has 8 nitrogen and oxygen atoms in total. The van der Waals surface area contributed by atoms with Gasteiger partial charge in [-0.1, -0.05) is 42.5 Å². The van der Waals surface area contributed by atoms with Gasteiger partial charge in [0.15, 0.2) is 5.82 Å². The molecular weight excluding hydrogens is 494 g/mol. The summed E-state index contributed by atoms with van der Waals surface area (Å²) in [7, 11) is 2.15. The van der Waals surface area contributed by atoms with Gasteiger partial charge in [-0.2, -0.15) is 10.2 Å². The summed E-state index contributed by atoms with van der Waals surface area (Å²) >= 11 is 3.45. The van der Waals surface area contributed by atoms with Gasteiger partial charge in [-0.25, -0.2) is 4.98 Å². The van der Waals surface area contributed by atoms with Crippen LogP contribution in [-0.4, -0.2) is 58.9 Å². The van der Waals surface area contributed by atoms with E-state index in [4.69, 9.17) is 0 Å². The molecule has 174 valence electrons. The number of halogens is 1. The number of nitrogens with one attached hydrogen (secondary N) is 1. The molecule has 1 fully saturated rings. The first-order valence-electron chi connectivity index (χ1n) is 11.1. The van der Waals surface area contributed by atoms with Crippen molar-refractivity contribution >= 4 is 27.7 Å². The number of carbonyl (C=O) groups is 1. The van der Waals surface area contributed by atoms with Gasteiger partial charge in [0.1, 0.15) is 6.07 Å². The molecule has 0 radical (unpaired) electrons. The van der Waals surface area contributed by atoms with Crippen LogP contribution in [0.15, 0.2) is 65.3 Å². The standard InChI is InChI=1S/C25H26BrN7O/c1-31-11-13-32(14-12-31)17-20-7-9-21(10-8-20)25(34)30-33(18-19-5-3-2-4-6-19)24-22(26)16-28-23(15-27)29-24/h2-10,16H,11-14,17-18H2,1H3,(H,30,34). The summed E-state index contributed by atoms with van der Waals surface area (Å²) < 4.78 is 0.574. The molecule has 2 aromatic carbocycles. The Hall–Kier alpha value is -3.32. The number of carbonyl (C=O) groups excluding carboxylic acids is 1. The molecule has 1 amide bonds. The lowest BCUT2D eigenvalue weighted by molar-refractivity contribution is 0.0947. The highest BCUT2D eigenvalue weighted by Crippen LogP contribution is 2.24. The summed E-state index contributed by atoms with van der Waals surface area (Å²) in [4.78, 5) is 26.2. The van der Waals surface area contributed by atoms with E-state index in [2.05, 4.69) is 48.2 Å². The number of aromatic nitrogens is 2. The Morgan fingerprint density at radius 1 is 1.09 bits per heavy atom. The Balaban J connectivity index is 1.49. The fourth-order valence-corrected chi connectivity index (χ4v) is 4.15. The summed E-state index contributed by atoms with van der Waals surface area (Å²) in [6.45, 7) is 5.49. The Bertz CT molecular complexity index is 1160. The Morgan fingerprint density at radius 3 is 2.47 bits per heavy atom. The van der Waals surface area contributed by atoms with Crippen LogP contribution in [0.2, 0.25) is 0 Å². The average Bonchev–Trinajstić information content (AvgIpc) is 2.86. The van der Waals surface area contributed by atoms with E-state index in [9.17, 15) is 10.1 Å². The SMILES string of the molecule is CN1CCN(Cc2ccc(C(=O)NN(Cc3ccccc3)c3nc(C#N)ncc3Br)cc2)CC1. The van der Waals surface area contributed by atoms with Crippen molar-refractivity contribution in [2.75, 3.05) is 38.2 Å². The molecular formula is C25H26BrN7O. The van der Waals surface area contributed by atoms with E-state index in [-0.39, 0.29) is 11.7 Å². The average molecular weight is 520 g/mol. The van der Waals surface area contributed by atoms with Crippen molar-refractivity contribution in [3.63, 3.8) is 0 Å². The van der Waals surface area contributed by atoms with Crippen molar-refractivity contribution in [2.24, 2.45) is 0 Å². The van der Waals surface area contributed by atoms with Crippen LogP contribution in [0.1, 0.15) is 27.3 Å². The maximum atomic E-state index is 13.1. The van der Waals surface area contributed by atoms with Crippen LogP contribution in [0.4, 0.5) is 5.82 Å². The van der Waals surface area contributed by atoms with Crippen molar-refractivity contribution in [1.29, 1.82) is 5.26 Å². The fourth-order valence-electron chi connectivity index (χ4n) is 3.75. The number of anilines is 1. The Labute approximate surface area is 207 Å². The minimum atomic E-state index is -0.258. The molecule has 3 aromatic rings. The quantitative estimate of drug-likeness (QED) is 0.479. The van der Waals surface area contributed by atoms with Crippen LogP contribution in [0.3, 0.4) is 0 Å². The molecule has 1 saturated heterocycles. The van der Waals surface area contributed by atoms with Crippen molar-refractivity contribution in [1.82, 2.24) is 25.2 Å². The fraction of sp³-hybridized carbons (Fsp3) is 0.280. The molecule has 0 spiro atoms. The van der Waals surface area contributed by atoms with Gasteiger partial charge in [0, 0.05) is 44.5 Å². The summed E-state index contributed by atoms with van der Waals surface area (Å²) in [5.41, 5.74) is 5.65. The second kappa shape index (κ2) is 11.2. The number of piperazine rings is 1. The molecule has 34 heavy (non-hydrogen) atoms. The monoisotopic (exact) mass is 519 g/mol. The summed E-state index contributed by atoms with van der Waals surface area (Å²) in [6, 6.07) is 19.4. The lowest BCUT2D eigenvalue weighted by Gasteiger charge is -2.32. The zero-order chi connectivity index (χ0) is 23.9. The Morgan fingerprint density at radius 2 is 1.79 bits per heavy atom. The minimum Gasteiger partial charge on any atom is -0.304 e. The third-order valence-electron chi connectivity index (χ3n) is 5.72. The molecule has 1 aliphatic rings. The van der Waals surface area contributed by atoms with E-state index < -0.39 is 0 Å². The van der Waals surface area contributed by atoms with Crippen molar-refractivity contribution < 1.29 is 4.79 Å². The van der Waals surface area contributed by atoms with E-state index in [1.54, 1.807) is 5.01 Å². The summed E-state index contributed by atoms with van der Waals surface area (Å²) in [6.07, 6.45) is 1.51. The minimum absolute atomic E-state index is 0.0266. The van der Waals surface area contributed by atoms with Crippen LogP contribution in [0.25, 0.3) is 0 Å². The lowest BCUT2D eigenvalue weighted by atomic mass is 10.1. The molecule has 0 unspecified atom stereocenters. The molecule has 1 N–H and O–H groups in total. The third-order valence-corrected chi connectivity index (χ3v) is 6.28. The molecule has 4 rings (SSSR count). The van der Waals surface area contributed by atoms with Crippen LogP contribution in [0.5, 0.6) is 0 Å². The molecule has 2 heterocycles. The normalized spacial score (nSPS) is 14.4. The number of amides is 1. The number of hydrogen-bond acceptors (Lipinski definition) is 7. The number of nitriles is 1. The van der Waals surface area contributed by atoms with Gasteiger partial charge >= 0.3 is 0 Å². The molecule has 0 saturated carbocycles. The molecule has 0 atom stereocenters.